The van der Waals surface area contributed by atoms with Crippen molar-refractivity contribution < 1.29 is 38.9 Å². The van der Waals surface area contributed by atoms with Crippen molar-refractivity contribution in [1.82, 2.24) is 0 Å². The standard InChI is InChI=1S/3CH4O3S.H4N2/c3*1-5(2,3)4;1-2/h3*1H3,(H,2,3,4);1-2H2. The topological polar surface area (TPSA) is 215 Å². The minimum absolute atomic E-state index is 0.715. The average molecular weight is 320 g/mol. The van der Waals surface area contributed by atoms with E-state index in [1.54, 1.807) is 0 Å². The highest BCUT2D eigenvalue weighted by Crippen LogP contribution is 1.61. The second kappa shape index (κ2) is 10.8. The fourth-order valence-corrected chi connectivity index (χ4v) is 0. The third-order valence-corrected chi connectivity index (χ3v) is 0. The molecule has 17 heavy (non-hydrogen) atoms. The fourth-order valence-electron chi connectivity index (χ4n) is 0. The summed E-state index contributed by atoms with van der Waals surface area (Å²) in [6, 6.07) is 0. The van der Waals surface area contributed by atoms with Gasteiger partial charge in [-0.3, -0.25) is 25.3 Å². The van der Waals surface area contributed by atoms with Crippen LogP contribution in [0.2, 0.25) is 0 Å². The quantitative estimate of drug-likeness (QED) is 0.176. The lowest BCUT2D eigenvalue weighted by molar-refractivity contribution is 0.488. The third-order valence-electron chi connectivity index (χ3n) is 0. The number of rotatable bonds is 0. The van der Waals surface area contributed by atoms with Gasteiger partial charge in [0, 0.05) is 0 Å². The molecule has 14 heteroatoms. The lowest BCUT2D eigenvalue weighted by atomic mass is 12.0. The second-order valence-corrected chi connectivity index (χ2v) is 6.60. The molecule has 0 aliphatic carbocycles. The van der Waals surface area contributed by atoms with Crippen LogP contribution in [0.1, 0.15) is 0 Å². The van der Waals surface area contributed by atoms with Crippen LogP contribution in [0.4, 0.5) is 0 Å². The first-order valence-corrected chi connectivity index (χ1v) is 8.65. The van der Waals surface area contributed by atoms with Crippen molar-refractivity contribution in [3.05, 3.63) is 0 Å². The van der Waals surface area contributed by atoms with Gasteiger partial charge in [0.2, 0.25) is 0 Å². The molecule has 0 unspecified atom stereocenters. The monoisotopic (exact) mass is 320 g/mol. The van der Waals surface area contributed by atoms with E-state index in [2.05, 4.69) is 11.7 Å². The van der Waals surface area contributed by atoms with E-state index in [4.69, 9.17) is 13.7 Å². The second-order valence-electron chi connectivity index (χ2n) is 2.20. The summed E-state index contributed by atoms with van der Waals surface area (Å²) in [5.74, 6) is 8.00. The Hall–Kier alpha value is -0.350. The molecule has 110 valence electrons. The van der Waals surface area contributed by atoms with Crippen molar-refractivity contribution in [2.24, 2.45) is 11.7 Å². The van der Waals surface area contributed by atoms with Gasteiger partial charge < -0.3 is 0 Å². The molecule has 0 aliphatic rings. The summed E-state index contributed by atoms with van der Waals surface area (Å²) in [6.07, 6.45) is 2.15. The SMILES string of the molecule is CS(=O)(=O)O.CS(=O)(=O)O.CS(=O)(=O)O.NN. The Morgan fingerprint density at radius 1 is 0.588 bits per heavy atom. The van der Waals surface area contributed by atoms with Crippen molar-refractivity contribution in [1.29, 1.82) is 0 Å². The Morgan fingerprint density at radius 3 is 0.588 bits per heavy atom. The molecule has 0 heterocycles. The van der Waals surface area contributed by atoms with Crippen LogP contribution in [0, 0.1) is 0 Å². The first kappa shape index (κ1) is 25.5. The van der Waals surface area contributed by atoms with E-state index < -0.39 is 30.4 Å². The van der Waals surface area contributed by atoms with E-state index in [9.17, 15) is 25.3 Å². The average Bonchev–Trinajstić information content (AvgIpc) is 1.77. The maximum absolute atomic E-state index is 9.19. The van der Waals surface area contributed by atoms with Gasteiger partial charge in [-0.25, -0.2) is 0 Å². The summed E-state index contributed by atoms with van der Waals surface area (Å²) in [5.41, 5.74) is 0. The molecule has 11 nitrogen and oxygen atoms in total. The van der Waals surface area contributed by atoms with Crippen LogP contribution >= 0.6 is 0 Å². The van der Waals surface area contributed by atoms with E-state index in [0.29, 0.717) is 18.8 Å². The minimum Gasteiger partial charge on any atom is -0.286 e. The molecule has 0 amide bonds. The molecule has 7 N–H and O–H groups in total. The first-order chi connectivity index (χ1) is 7.00. The Balaban J connectivity index is -0.0000000693. The molecule has 0 aromatic carbocycles. The van der Waals surface area contributed by atoms with Crippen LogP contribution < -0.4 is 11.7 Å². The van der Waals surface area contributed by atoms with E-state index >= 15 is 0 Å². The molecule has 0 saturated heterocycles. The summed E-state index contributed by atoms with van der Waals surface area (Å²) in [7, 11) is -11.0. The Kier molecular flexibility index (Phi) is 16.2. The summed E-state index contributed by atoms with van der Waals surface area (Å²) in [6.45, 7) is 0. The predicted molar refractivity (Wildman–Crippen MR) is 60.8 cm³/mol. The minimum atomic E-state index is -3.67. The van der Waals surface area contributed by atoms with E-state index in [1.807, 2.05) is 0 Å². The van der Waals surface area contributed by atoms with Gasteiger partial charge in [-0.2, -0.15) is 25.3 Å². The first-order valence-electron chi connectivity index (χ1n) is 3.11. The fraction of sp³-hybridized carbons (Fsp3) is 1.00. The zero-order valence-corrected chi connectivity index (χ0v) is 11.6. The van der Waals surface area contributed by atoms with Crippen LogP contribution in [0.5, 0.6) is 0 Å². The lowest BCUT2D eigenvalue weighted by Gasteiger charge is -1.69. The molecule has 0 rings (SSSR count). The molecular weight excluding hydrogens is 304 g/mol. The molecule has 0 bridgehead atoms. The molecule has 0 aromatic rings. The van der Waals surface area contributed by atoms with Crippen molar-refractivity contribution in [3.63, 3.8) is 0 Å². The Bertz CT molecular complexity index is 350. The van der Waals surface area contributed by atoms with Gasteiger partial charge in [0.25, 0.3) is 30.4 Å². The maximum atomic E-state index is 9.19. The Labute approximate surface area is 100 Å². The van der Waals surface area contributed by atoms with Crippen molar-refractivity contribution >= 4 is 30.4 Å². The Morgan fingerprint density at radius 2 is 0.588 bits per heavy atom. The van der Waals surface area contributed by atoms with Gasteiger partial charge in [-0.1, -0.05) is 0 Å². The number of hydrazine groups is 1. The molecule has 0 spiro atoms. The van der Waals surface area contributed by atoms with Gasteiger partial charge in [0.15, 0.2) is 0 Å². The van der Waals surface area contributed by atoms with Crippen LogP contribution in [0.25, 0.3) is 0 Å². The highest BCUT2D eigenvalue weighted by molar-refractivity contribution is 7.85. The largest absolute Gasteiger partial charge is 0.286 e. The van der Waals surface area contributed by atoms with Crippen LogP contribution in [-0.2, 0) is 30.4 Å². The molecule has 0 radical (unpaired) electrons. The summed E-state index contributed by atoms with van der Waals surface area (Å²) in [4.78, 5) is 0. The number of nitrogens with two attached hydrogens (primary N) is 2. The van der Waals surface area contributed by atoms with E-state index in [1.165, 1.54) is 0 Å². The number of hydrogen-bond acceptors (Lipinski definition) is 8. The van der Waals surface area contributed by atoms with Crippen LogP contribution in [-0.4, -0.2) is 57.7 Å². The zero-order chi connectivity index (χ0) is 15.5. The highest BCUT2D eigenvalue weighted by Gasteiger charge is 1.82. The molecule has 0 aliphatic heterocycles. The van der Waals surface area contributed by atoms with Crippen LogP contribution in [0.3, 0.4) is 0 Å². The van der Waals surface area contributed by atoms with Gasteiger partial charge in [0.05, 0.1) is 18.8 Å². The molecule has 0 saturated carbocycles. The van der Waals surface area contributed by atoms with E-state index in [0.717, 1.165) is 0 Å². The normalized spacial score (nSPS) is 10.6. The lowest BCUT2D eigenvalue weighted by Crippen LogP contribution is -2.02. The number of hydrogen-bond donors (Lipinski definition) is 5. The molecule has 0 atom stereocenters. The van der Waals surface area contributed by atoms with Gasteiger partial charge in [-0.05, 0) is 0 Å². The van der Waals surface area contributed by atoms with Gasteiger partial charge in [0.1, 0.15) is 0 Å². The predicted octanol–water partition coefficient (Wildman–Crippen LogP) is -2.67. The molecular formula is C3H16N2O9S3. The van der Waals surface area contributed by atoms with Crippen molar-refractivity contribution in [2.75, 3.05) is 18.8 Å². The van der Waals surface area contributed by atoms with Gasteiger partial charge >= 0.3 is 0 Å². The molecule has 0 fully saturated rings. The zero-order valence-electron chi connectivity index (χ0n) is 9.17. The summed E-state index contributed by atoms with van der Waals surface area (Å²) in [5, 5.41) is 0. The highest BCUT2D eigenvalue weighted by atomic mass is 32.2. The van der Waals surface area contributed by atoms with Gasteiger partial charge in [-0.15, -0.1) is 0 Å². The summed E-state index contributed by atoms with van der Waals surface area (Å²) < 4.78 is 77.6. The molecule has 0 aromatic heterocycles. The van der Waals surface area contributed by atoms with E-state index in [-0.39, 0.29) is 0 Å². The maximum Gasteiger partial charge on any atom is 0.261 e. The van der Waals surface area contributed by atoms with Crippen molar-refractivity contribution in [2.45, 2.75) is 0 Å². The van der Waals surface area contributed by atoms with Crippen molar-refractivity contribution in [3.8, 4) is 0 Å². The summed E-state index contributed by atoms with van der Waals surface area (Å²) >= 11 is 0. The van der Waals surface area contributed by atoms with Crippen LogP contribution in [0.15, 0.2) is 0 Å². The third kappa shape index (κ3) is 23800. The smallest absolute Gasteiger partial charge is 0.261 e.